The van der Waals surface area contributed by atoms with E-state index in [9.17, 15) is 4.79 Å². The second kappa shape index (κ2) is 5.33. The van der Waals surface area contributed by atoms with Crippen molar-refractivity contribution in [3.8, 4) is 0 Å². The molecule has 3 heteroatoms. The van der Waals surface area contributed by atoms with Crippen LogP contribution in [0.4, 0.5) is 0 Å². The molecule has 1 fully saturated rings. The fraction of sp³-hybridized carbons (Fsp3) is 0.562. The van der Waals surface area contributed by atoms with E-state index in [1.165, 1.54) is 11.1 Å². The zero-order valence-corrected chi connectivity index (χ0v) is 12.2. The molecule has 1 aliphatic rings. The van der Waals surface area contributed by atoms with Gasteiger partial charge in [-0.15, -0.1) is 0 Å². The Morgan fingerprint density at radius 2 is 2.21 bits per heavy atom. The molecule has 0 unspecified atom stereocenters. The smallest absolute Gasteiger partial charge is 0.224 e. The van der Waals surface area contributed by atoms with Gasteiger partial charge in [-0.1, -0.05) is 23.8 Å². The Morgan fingerprint density at radius 3 is 2.84 bits per heavy atom. The third-order valence-electron chi connectivity index (χ3n) is 4.17. The zero-order chi connectivity index (χ0) is 14.0. The molecule has 0 spiro atoms. The first-order chi connectivity index (χ1) is 8.90. The summed E-state index contributed by atoms with van der Waals surface area (Å²) in [6.07, 6.45) is 1.40. The van der Waals surface area contributed by atoms with E-state index in [2.05, 4.69) is 37.4 Å². The summed E-state index contributed by atoms with van der Waals surface area (Å²) in [7, 11) is 0. The Bertz CT molecular complexity index is 484. The maximum atomic E-state index is 12.2. The second-order valence-electron chi connectivity index (χ2n) is 5.84. The van der Waals surface area contributed by atoms with Gasteiger partial charge in [0, 0.05) is 6.61 Å². The molecule has 1 aromatic rings. The molecule has 1 amide bonds. The predicted octanol–water partition coefficient (Wildman–Crippen LogP) is 2.53. The third-order valence-corrected chi connectivity index (χ3v) is 4.17. The van der Waals surface area contributed by atoms with E-state index < -0.39 is 0 Å². The molecular weight excluding hydrogens is 238 g/mol. The third kappa shape index (κ3) is 3.16. The van der Waals surface area contributed by atoms with E-state index in [4.69, 9.17) is 4.74 Å². The van der Waals surface area contributed by atoms with E-state index in [1.54, 1.807) is 0 Å². The van der Waals surface area contributed by atoms with Crippen LogP contribution in [0.1, 0.15) is 37.0 Å². The number of nitrogens with one attached hydrogen (secondary N) is 1. The number of benzene rings is 1. The molecule has 1 aromatic carbocycles. The van der Waals surface area contributed by atoms with Gasteiger partial charge in [-0.25, -0.2) is 0 Å². The second-order valence-corrected chi connectivity index (χ2v) is 5.84. The molecule has 0 aromatic heterocycles. The van der Waals surface area contributed by atoms with E-state index in [1.807, 2.05) is 13.8 Å². The van der Waals surface area contributed by atoms with Crippen molar-refractivity contribution in [1.82, 2.24) is 5.32 Å². The SMILES string of the molecule is Cc1ccc(C)c(CC(=O)N[C@]2(C)CCO[C@@H]2C)c1. The highest BCUT2D eigenvalue weighted by molar-refractivity contribution is 5.79. The van der Waals surface area contributed by atoms with Crippen molar-refractivity contribution in [3.63, 3.8) is 0 Å². The van der Waals surface area contributed by atoms with E-state index >= 15 is 0 Å². The molecule has 2 rings (SSSR count). The van der Waals surface area contributed by atoms with Crippen molar-refractivity contribution in [2.45, 2.75) is 52.2 Å². The molecule has 0 saturated carbocycles. The summed E-state index contributed by atoms with van der Waals surface area (Å²) < 4.78 is 5.55. The van der Waals surface area contributed by atoms with Crippen LogP contribution in [0.5, 0.6) is 0 Å². The van der Waals surface area contributed by atoms with Gasteiger partial charge >= 0.3 is 0 Å². The van der Waals surface area contributed by atoms with Crippen LogP contribution < -0.4 is 5.32 Å². The summed E-state index contributed by atoms with van der Waals surface area (Å²) in [4.78, 5) is 12.2. The number of carbonyl (C=O) groups excluding carboxylic acids is 1. The van der Waals surface area contributed by atoms with Crippen LogP contribution >= 0.6 is 0 Å². The highest BCUT2D eigenvalue weighted by Crippen LogP contribution is 2.25. The average molecular weight is 261 g/mol. The van der Waals surface area contributed by atoms with Crippen LogP contribution in [0, 0.1) is 13.8 Å². The van der Waals surface area contributed by atoms with Crippen LogP contribution in [-0.2, 0) is 16.0 Å². The fourth-order valence-electron chi connectivity index (χ4n) is 2.53. The maximum Gasteiger partial charge on any atom is 0.224 e. The van der Waals surface area contributed by atoms with Crippen molar-refractivity contribution < 1.29 is 9.53 Å². The lowest BCUT2D eigenvalue weighted by molar-refractivity contribution is -0.122. The molecular formula is C16H23NO2. The molecule has 0 aliphatic carbocycles. The number of rotatable bonds is 3. The first kappa shape index (κ1) is 14.1. The molecule has 3 nitrogen and oxygen atoms in total. The molecule has 0 bridgehead atoms. The summed E-state index contributed by atoms with van der Waals surface area (Å²) >= 11 is 0. The van der Waals surface area contributed by atoms with Crippen molar-refractivity contribution in [1.29, 1.82) is 0 Å². The maximum absolute atomic E-state index is 12.2. The van der Waals surface area contributed by atoms with E-state index in [0.29, 0.717) is 6.42 Å². The van der Waals surface area contributed by atoms with E-state index in [-0.39, 0.29) is 17.6 Å². The topological polar surface area (TPSA) is 38.3 Å². The Kier molecular flexibility index (Phi) is 3.95. The molecule has 1 heterocycles. The molecule has 104 valence electrons. The first-order valence-electron chi connectivity index (χ1n) is 6.89. The average Bonchev–Trinajstić information content (AvgIpc) is 2.64. The van der Waals surface area contributed by atoms with Crippen molar-refractivity contribution in [3.05, 3.63) is 34.9 Å². The lowest BCUT2D eigenvalue weighted by atomic mass is 9.94. The lowest BCUT2D eigenvalue weighted by Gasteiger charge is -2.29. The molecule has 1 aliphatic heterocycles. The fourth-order valence-corrected chi connectivity index (χ4v) is 2.53. The number of hydrogen-bond donors (Lipinski definition) is 1. The van der Waals surface area contributed by atoms with Crippen molar-refractivity contribution in [2.24, 2.45) is 0 Å². The number of amides is 1. The Labute approximate surface area is 115 Å². The van der Waals surface area contributed by atoms with Gasteiger partial charge in [0.1, 0.15) is 0 Å². The highest BCUT2D eigenvalue weighted by Gasteiger charge is 2.38. The van der Waals surface area contributed by atoms with Gasteiger partial charge in [-0.2, -0.15) is 0 Å². The minimum atomic E-state index is -0.227. The largest absolute Gasteiger partial charge is 0.376 e. The van der Waals surface area contributed by atoms with Gasteiger partial charge < -0.3 is 10.1 Å². The van der Waals surface area contributed by atoms with Crippen LogP contribution in [0.3, 0.4) is 0 Å². The molecule has 1 saturated heterocycles. The van der Waals surface area contributed by atoms with Crippen LogP contribution in [0.25, 0.3) is 0 Å². The zero-order valence-electron chi connectivity index (χ0n) is 12.2. The van der Waals surface area contributed by atoms with Crippen LogP contribution in [0.15, 0.2) is 18.2 Å². The van der Waals surface area contributed by atoms with Gasteiger partial charge in [0.05, 0.1) is 18.1 Å². The monoisotopic (exact) mass is 261 g/mol. The standard InChI is InChI=1S/C16H23NO2/c1-11-5-6-12(2)14(9-11)10-15(18)17-16(4)7-8-19-13(16)3/h5-6,9,13H,7-8,10H2,1-4H3,(H,17,18)/t13-,16-/m1/s1. The minimum Gasteiger partial charge on any atom is -0.376 e. The molecule has 0 radical (unpaired) electrons. The summed E-state index contributed by atoms with van der Waals surface area (Å²) in [6, 6.07) is 6.23. The minimum absolute atomic E-state index is 0.0774. The first-order valence-corrected chi connectivity index (χ1v) is 6.89. The van der Waals surface area contributed by atoms with Crippen LogP contribution in [0.2, 0.25) is 0 Å². The summed E-state index contributed by atoms with van der Waals surface area (Å²) in [5.74, 6) is 0.0774. The van der Waals surface area contributed by atoms with Crippen molar-refractivity contribution >= 4 is 5.91 Å². The summed E-state index contributed by atoms with van der Waals surface area (Å²) in [5, 5.41) is 3.14. The Hall–Kier alpha value is -1.35. The van der Waals surface area contributed by atoms with Gasteiger partial charge in [0.2, 0.25) is 5.91 Å². The quantitative estimate of drug-likeness (QED) is 0.908. The number of hydrogen-bond acceptors (Lipinski definition) is 2. The summed E-state index contributed by atoms with van der Waals surface area (Å²) in [6.45, 7) is 8.90. The Morgan fingerprint density at radius 1 is 1.47 bits per heavy atom. The Balaban J connectivity index is 2.03. The van der Waals surface area contributed by atoms with Crippen LogP contribution in [-0.4, -0.2) is 24.2 Å². The van der Waals surface area contributed by atoms with Crippen molar-refractivity contribution in [2.75, 3.05) is 6.61 Å². The van der Waals surface area contributed by atoms with Gasteiger partial charge in [0.15, 0.2) is 0 Å². The number of ether oxygens (including phenoxy) is 1. The van der Waals surface area contributed by atoms with E-state index in [0.717, 1.165) is 18.6 Å². The molecule has 19 heavy (non-hydrogen) atoms. The summed E-state index contributed by atoms with van der Waals surface area (Å²) in [5.41, 5.74) is 3.24. The highest BCUT2D eigenvalue weighted by atomic mass is 16.5. The lowest BCUT2D eigenvalue weighted by Crippen LogP contribution is -2.51. The number of aryl methyl sites for hydroxylation is 2. The van der Waals surface area contributed by atoms with Gasteiger partial charge in [-0.3, -0.25) is 4.79 Å². The predicted molar refractivity (Wildman–Crippen MR) is 76.2 cm³/mol. The normalized spacial score (nSPS) is 26.4. The molecule has 1 N–H and O–H groups in total. The molecule has 2 atom stereocenters. The van der Waals surface area contributed by atoms with Gasteiger partial charge in [-0.05, 0) is 45.2 Å². The van der Waals surface area contributed by atoms with Gasteiger partial charge in [0.25, 0.3) is 0 Å². The number of carbonyl (C=O) groups is 1.